The first-order chi connectivity index (χ1) is 10.4. The summed E-state index contributed by atoms with van der Waals surface area (Å²) in [5.41, 5.74) is -0.0110. The number of aliphatic carboxylic acids is 1. The molecule has 1 aromatic carbocycles. The number of carboxylic acids is 1. The molecule has 0 spiro atoms. The normalized spacial score (nSPS) is 17.3. The number of hydrogen-bond acceptors (Lipinski definition) is 3. The Balaban J connectivity index is 2.02. The van der Waals surface area contributed by atoms with E-state index in [1.54, 1.807) is 0 Å². The molecule has 1 heterocycles. The number of nitrogens with zero attached hydrogens (tertiary/aromatic N) is 2. The van der Waals surface area contributed by atoms with Crippen LogP contribution in [0, 0.1) is 5.82 Å². The first-order valence-corrected chi connectivity index (χ1v) is 7.53. The topological polar surface area (TPSA) is 60.9 Å². The molecule has 5 nitrogen and oxygen atoms in total. The fourth-order valence-electron chi connectivity index (χ4n) is 2.66. The molecule has 1 saturated heterocycles. The van der Waals surface area contributed by atoms with Crippen LogP contribution in [-0.2, 0) is 4.79 Å². The van der Waals surface area contributed by atoms with Gasteiger partial charge in [0.2, 0.25) is 0 Å². The van der Waals surface area contributed by atoms with Crippen LogP contribution < -0.4 is 0 Å². The summed E-state index contributed by atoms with van der Waals surface area (Å²) in [7, 11) is 0. The van der Waals surface area contributed by atoms with Crippen LogP contribution in [0.5, 0.6) is 0 Å². The SMILES string of the molecule is CCC(C(=O)O)N1CCN(C(=O)c2ccc(Cl)cc2F)CC1. The van der Waals surface area contributed by atoms with Gasteiger partial charge in [0.1, 0.15) is 11.9 Å². The van der Waals surface area contributed by atoms with E-state index in [-0.39, 0.29) is 10.6 Å². The van der Waals surface area contributed by atoms with Crippen LogP contribution >= 0.6 is 11.6 Å². The lowest BCUT2D eigenvalue weighted by Crippen LogP contribution is -2.53. The van der Waals surface area contributed by atoms with Crippen molar-refractivity contribution in [1.82, 2.24) is 9.80 Å². The number of carbonyl (C=O) groups excluding carboxylic acids is 1. The van der Waals surface area contributed by atoms with Crippen molar-refractivity contribution in [3.05, 3.63) is 34.6 Å². The lowest BCUT2D eigenvalue weighted by Gasteiger charge is -2.37. The number of amides is 1. The minimum Gasteiger partial charge on any atom is -0.480 e. The van der Waals surface area contributed by atoms with E-state index in [0.717, 1.165) is 6.07 Å². The first-order valence-electron chi connectivity index (χ1n) is 7.15. The van der Waals surface area contributed by atoms with Gasteiger partial charge in [-0.2, -0.15) is 0 Å². The lowest BCUT2D eigenvalue weighted by atomic mass is 10.1. The molecule has 1 atom stereocenters. The second-order valence-electron chi connectivity index (χ2n) is 5.21. The predicted molar refractivity (Wildman–Crippen MR) is 80.6 cm³/mol. The maximum absolute atomic E-state index is 13.8. The highest BCUT2D eigenvalue weighted by Gasteiger charge is 2.30. The number of carboxylic acid groups (broad SMARTS) is 1. The molecule has 0 aromatic heterocycles. The molecule has 7 heteroatoms. The Morgan fingerprint density at radius 1 is 1.32 bits per heavy atom. The highest BCUT2D eigenvalue weighted by Crippen LogP contribution is 2.18. The van der Waals surface area contributed by atoms with Gasteiger partial charge in [0.15, 0.2) is 0 Å². The van der Waals surface area contributed by atoms with Crippen LogP contribution in [0.4, 0.5) is 4.39 Å². The molecule has 1 fully saturated rings. The van der Waals surface area contributed by atoms with Crippen molar-refractivity contribution in [2.45, 2.75) is 19.4 Å². The molecule has 1 aliphatic heterocycles. The zero-order valence-corrected chi connectivity index (χ0v) is 13.0. The van der Waals surface area contributed by atoms with Gasteiger partial charge in [-0.1, -0.05) is 18.5 Å². The van der Waals surface area contributed by atoms with Crippen LogP contribution in [0.1, 0.15) is 23.7 Å². The second-order valence-corrected chi connectivity index (χ2v) is 5.65. The van der Waals surface area contributed by atoms with E-state index in [4.69, 9.17) is 16.7 Å². The van der Waals surface area contributed by atoms with Crippen molar-refractivity contribution >= 4 is 23.5 Å². The van der Waals surface area contributed by atoms with Crippen molar-refractivity contribution in [2.75, 3.05) is 26.2 Å². The van der Waals surface area contributed by atoms with Crippen molar-refractivity contribution in [3.63, 3.8) is 0 Å². The summed E-state index contributed by atoms with van der Waals surface area (Å²) in [6, 6.07) is 3.43. The van der Waals surface area contributed by atoms with Crippen LogP contribution in [0.25, 0.3) is 0 Å². The van der Waals surface area contributed by atoms with E-state index in [2.05, 4.69) is 0 Å². The van der Waals surface area contributed by atoms with Crippen LogP contribution in [0.15, 0.2) is 18.2 Å². The third kappa shape index (κ3) is 3.56. The number of benzene rings is 1. The van der Waals surface area contributed by atoms with Gasteiger partial charge in [-0.15, -0.1) is 0 Å². The van der Waals surface area contributed by atoms with Gasteiger partial charge in [-0.3, -0.25) is 14.5 Å². The van der Waals surface area contributed by atoms with E-state index >= 15 is 0 Å². The van der Waals surface area contributed by atoms with Gasteiger partial charge in [-0.25, -0.2) is 4.39 Å². The highest BCUT2D eigenvalue weighted by atomic mass is 35.5. The summed E-state index contributed by atoms with van der Waals surface area (Å²) < 4.78 is 13.8. The standard InChI is InChI=1S/C15H18ClFN2O3/c1-2-13(15(21)22)18-5-7-19(8-6-18)14(20)11-4-3-10(16)9-12(11)17/h3-4,9,13H,2,5-8H2,1H3,(H,21,22). The van der Waals surface area contributed by atoms with Gasteiger partial charge < -0.3 is 10.0 Å². The van der Waals surface area contributed by atoms with E-state index < -0.39 is 23.7 Å². The summed E-state index contributed by atoms with van der Waals surface area (Å²) in [6.45, 7) is 3.51. The maximum atomic E-state index is 13.8. The van der Waals surface area contributed by atoms with E-state index in [1.165, 1.54) is 17.0 Å². The first kappa shape index (κ1) is 16.7. The minimum atomic E-state index is -0.856. The molecule has 1 aromatic rings. The Morgan fingerprint density at radius 2 is 1.95 bits per heavy atom. The minimum absolute atomic E-state index is 0.0110. The fourth-order valence-corrected chi connectivity index (χ4v) is 2.82. The zero-order valence-electron chi connectivity index (χ0n) is 12.3. The van der Waals surface area contributed by atoms with Crippen molar-refractivity contribution < 1.29 is 19.1 Å². The Hall–Kier alpha value is -1.66. The zero-order chi connectivity index (χ0) is 16.3. The molecule has 0 radical (unpaired) electrons. The molecular formula is C15H18ClFN2O3. The quantitative estimate of drug-likeness (QED) is 0.919. The molecule has 120 valence electrons. The molecule has 2 rings (SSSR count). The van der Waals surface area contributed by atoms with Crippen molar-refractivity contribution in [1.29, 1.82) is 0 Å². The molecule has 1 amide bonds. The van der Waals surface area contributed by atoms with Gasteiger partial charge in [-0.05, 0) is 24.6 Å². The molecule has 0 saturated carbocycles. The Labute approximate surface area is 133 Å². The number of rotatable bonds is 4. The number of carbonyl (C=O) groups is 2. The van der Waals surface area contributed by atoms with E-state index in [0.29, 0.717) is 32.6 Å². The summed E-state index contributed by atoms with van der Waals surface area (Å²) in [6.07, 6.45) is 0.509. The van der Waals surface area contributed by atoms with Crippen LogP contribution in [0.2, 0.25) is 5.02 Å². The van der Waals surface area contributed by atoms with Crippen LogP contribution in [-0.4, -0.2) is 59.0 Å². The average molecular weight is 329 g/mol. The van der Waals surface area contributed by atoms with Gasteiger partial charge >= 0.3 is 5.97 Å². The van der Waals surface area contributed by atoms with Crippen molar-refractivity contribution in [3.8, 4) is 0 Å². The number of halogens is 2. The molecule has 1 aliphatic rings. The Bertz CT molecular complexity index is 574. The number of hydrogen-bond donors (Lipinski definition) is 1. The summed E-state index contributed by atoms with van der Waals surface area (Å²) in [5, 5.41) is 9.40. The fraction of sp³-hybridized carbons (Fsp3) is 0.467. The Morgan fingerprint density at radius 3 is 2.45 bits per heavy atom. The summed E-state index contributed by atoms with van der Waals surface area (Å²) >= 11 is 5.68. The average Bonchev–Trinajstić information content (AvgIpc) is 2.47. The Kier molecular flexibility index (Phi) is 5.37. The molecule has 1 N–H and O–H groups in total. The van der Waals surface area contributed by atoms with Crippen LogP contribution in [0.3, 0.4) is 0 Å². The number of piperazine rings is 1. The monoisotopic (exact) mass is 328 g/mol. The largest absolute Gasteiger partial charge is 0.480 e. The molecule has 0 aliphatic carbocycles. The third-order valence-corrected chi connectivity index (χ3v) is 4.11. The van der Waals surface area contributed by atoms with Gasteiger partial charge in [0, 0.05) is 31.2 Å². The molecule has 1 unspecified atom stereocenters. The highest BCUT2D eigenvalue weighted by molar-refractivity contribution is 6.30. The molecule has 22 heavy (non-hydrogen) atoms. The molecular weight excluding hydrogens is 311 g/mol. The van der Waals surface area contributed by atoms with Gasteiger partial charge in [0.25, 0.3) is 5.91 Å². The summed E-state index contributed by atoms with van der Waals surface area (Å²) in [4.78, 5) is 26.9. The lowest BCUT2D eigenvalue weighted by molar-refractivity contribution is -0.144. The van der Waals surface area contributed by atoms with Crippen molar-refractivity contribution in [2.24, 2.45) is 0 Å². The van der Waals surface area contributed by atoms with E-state index in [9.17, 15) is 14.0 Å². The smallest absolute Gasteiger partial charge is 0.320 e. The predicted octanol–water partition coefficient (Wildman–Crippen LogP) is 2.10. The van der Waals surface area contributed by atoms with E-state index in [1.807, 2.05) is 11.8 Å². The third-order valence-electron chi connectivity index (χ3n) is 3.88. The second kappa shape index (κ2) is 7.07. The summed E-state index contributed by atoms with van der Waals surface area (Å²) in [5.74, 6) is -1.89. The van der Waals surface area contributed by atoms with Gasteiger partial charge in [0.05, 0.1) is 5.56 Å². The maximum Gasteiger partial charge on any atom is 0.320 e. The molecule has 0 bridgehead atoms.